The fourth-order valence-corrected chi connectivity index (χ4v) is 2.75. The van der Waals surface area contributed by atoms with Crippen LogP contribution in [0.4, 0.5) is 5.69 Å². The molecule has 0 saturated carbocycles. The standard InChI is InChI=1S/C14H23BrN2/c1-5-17(10(2)3)14-7-6-12(8-11(4)16)9-13(14)15/h6-7,9-11H,5,8,16H2,1-4H3. The Bertz CT molecular complexity index is 361. The maximum absolute atomic E-state index is 5.82. The molecule has 0 heterocycles. The van der Waals surface area contributed by atoms with Gasteiger partial charge in [-0.25, -0.2) is 0 Å². The number of rotatable bonds is 5. The summed E-state index contributed by atoms with van der Waals surface area (Å²) in [5, 5.41) is 0. The molecular formula is C14H23BrN2. The van der Waals surface area contributed by atoms with Crippen LogP contribution in [-0.4, -0.2) is 18.6 Å². The van der Waals surface area contributed by atoms with E-state index in [0.29, 0.717) is 6.04 Å². The summed E-state index contributed by atoms with van der Waals surface area (Å²) in [7, 11) is 0. The molecule has 0 bridgehead atoms. The monoisotopic (exact) mass is 298 g/mol. The maximum Gasteiger partial charge on any atom is 0.0513 e. The first-order valence-corrected chi connectivity index (χ1v) is 7.05. The number of hydrogen-bond acceptors (Lipinski definition) is 2. The quantitative estimate of drug-likeness (QED) is 0.900. The van der Waals surface area contributed by atoms with Crippen molar-refractivity contribution < 1.29 is 0 Å². The van der Waals surface area contributed by atoms with E-state index in [-0.39, 0.29) is 6.04 Å². The van der Waals surface area contributed by atoms with Crippen molar-refractivity contribution in [2.45, 2.75) is 46.2 Å². The fraction of sp³-hybridized carbons (Fsp3) is 0.571. The molecule has 0 aliphatic carbocycles. The van der Waals surface area contributed by atoms with Crippen molar-refractivity contribution in [1.29, 1.82) is 0 Å². The summed E-state index contributed by atoms with van der Waals surface area (Å²) in [6, 6.07) is 7.26. The summed E-state index contributed by atoms with van der Waals surface area (Å²) in [5.74, 6) is 0. The van der Waals surface area contributed by atoms with Crippen molar-refractivity contribution in [3.05, 3.63) is 28.2 Å². The number of anilines is 1. The van der Waals surface area contributed by atoms with Crippen LogP contribution >= 0.6 is 15.9 Å². The first-order valence-electron chi connectivity index (χ1n) is 6.26. The Labute approximate surface area is 113 Å². The highest BCUT2D eigenvalue weighted by atomic mass is 79.9. The van der Waals surface area contributed by atoms with Crippen LogP contribution in [0.1, 0.15) is 33.3 Å². The summed E-state index contributed by atoms with van der Waals surface area (Å²) < 4.78 is 1.16. The second kappa shape index (κ2) is 6.41. The minimum absolute atomic E-state index is 0.208. The lowest BCUT2D eigenvalue weighted by molar-refractivity contribution is 0.701. The number of nitrogens with two attached hydrogens (primary N) is 1. The van der Waals surface area contributed by atoms with Crippen molar-refractivity contribution >= 4 is 21.6 Å². The molecule has 0 aromatic heterocycles. The minimum atomic E-state index is 0.208. The van der Waals surface area contributed by atoms with Gasteiger partial charge in [-0.2, -0.15) is 0 Å². The highest BCUT2D eigenvalue weighted by Gasteiger charge is 2.12. The normalized spacial score (nSPS) is 12.9. The van der Waals surface area contributed by atoms with Gasteiger partial charge in [-0.15, -0.1) is 0 Å². The molecule has 0 fully saturated rings. The molecule has 0 aliphatic rings. The molecule has 1 unspecified atom stereocenters. The summed E-state index contributed by atoms with van der Waals surface area (Å²) in [5.41, 5.74) is 8.37. The Morgan fingerprint density at radius 1 is 1.29 bits per heavy atom. The molecule has 17 heavy (non-hydrogen) atoms. The van der Waals surface area contributed by atoms with Crippen molar-refractivity contribution in [2.75, 3.05) is 11.4 Å². The Morgan fingerprint density at radius 2 is 1.94 bits per heavy atom. The smallest absolute Gasteiger partial charge is 0.0513 e. The second-order valence-electron chi connectivity index (χ2n) is 4.85. The molecule has 3 heteroatoms. The van der Waals surface area contributed by atoms with Gasteiger partial charge in [0.1, 0.15) is 0 Å². The van der Waals surface area contributed by atoms with Crippen LogP contribution < -0.4 is 10.6 Å². The highest BCUT2D eigenvalue weighted by molar-refractivity contribution is 9.10. The third-order valence-corrected chi connectivity index (χ3v) is 3.48. The van der Waals surface area contributed by atoms with Crippen LogP contribution in [-0.2, 0) is 6.42 Å². The van der Waals surface area contributed by atoms with Gasteiger partial charge in [-0.1, -0.05) is 6.07 Å². The molecule has 2 N–H and O–H groups in total. The van der Waals surface area contributed by atoms with E-state index in [2.05, 4.69) is 59.8 Å². The van der Waals surface area contributed by atoms with E-state index in [9.17, 15) is 0 Å². The van der Waals surface area contributed by atoms with Gasteiger partial charge in [-0.05, 0) is 67.7 Å². The maximum atomic E-state index is 5.82. The van der Waals surface area contributed by atoms with Gasteiger partial charge in [0.25, 0.3) is 0 Å². The van der Waals surface area contributed by atoms with Crippen molar-refractivity contribution in [3.63, 3.8) is 0 Å². The topological polar surface area (TPSA) is 29.3 Å². The van der Waals surface area contributed by atoms with Crippen LogP contribution in [0.5, 0.6) is 0 Å². The van der Waals surface area contributed by atoms with Gasteiger partial charge in [-0.3, -0.25) is 0 Å². The third kappa shape index (κ3) is 4.00. The molecule has 96 valence electrons. The lowest BCUT2D eigenvalue weighted by Gasteiger charge is -2.28. The molecule has 0 radical (unpaired) electrons. The van der Waals surface area contributed by atoms with Crippen LogP contribution in [0.15, 0.2) is 22.7 Å². The van der Waals surface area contributed by atoms with Gasteiger partial charge >= 0.3 is 0 Å². The average Bonchev–Trinajstić information content (AvgIpc) is 2.20. The predicted molar refractivity (Wildman–Crippen MR) is 79.7 cm³/mol. The molecule has 0 amide bonds. The Kier molecular flexibility index (Phi) is 5.47. The number of halogens is 1. The van der Waals surface area contributed by atoms with Crippen LogP contribution in [0.2, 0.25) is 0 Å². The molecule has 0 saturated heterocycles. The summed E-state index contributed by atoms with van der Waals surface area (Å²) >= 11 is 3.66. The number of benzene rings is 1. The van der Waals surface area contributed by atoms with Crippen LogP contribution in [0.25, 0.3) is 0 Å². The van der Waals surface area contributed by atoms with E-state index < -0.39 is 0 Å². The first kappa shape index (κ1) is 14.5. The van der Waals surface area contributed by atoms with Gasteiger partial charge in [0, 0.05) is 23.1 Å². The van der Waals surface area contributed by atoms with Gasteiger partial charge in [0.2, 0.25) is 0 Å². The molecule has 1 rings (SSSR count). The van der Waals surface area contributed by atoms with Gasteiger partial charge in [0.15, 0.2) is 0 Å². The van der Waals surface area contributed by atoms with E-state index >= 15 is 0 Å². The largest absolute Gasteiger partial charge is 0.368 e. The van der Waals surface area contributed by atoms with Gasteiger partial charge < -0.3 is 10.6 Å². The predicted octanol–water partition coefficient (Wildman–Crippen LogP) is 3.57. The zero-order valence-corrected chi connectivity index (χ0v) is 12.8. The average molecular weight is 299 g/mol. The minimum Gasteiger partial charge on any atom is -0.368 e. The first-order chi connectivity index (χ1) is 7.95. The van der Waals surface area contributed by atoms with Crippen molar-refractivity contribution in [2.24, 2.45) is 5.73 Å². The molecule has 2 nitrogen and oxygen atoms in total. The summed E-state index contributed by atoms with van der Waals surface area (Å²) in [4.78, 5) is 2.37. The zero-order valence-electron chi connectivity index (χ0n) is 11.2. The number of hydrogen-bond donors (Lipinski definition) is 1. The fourth-order valence-electron chi connectivity index (χ4n) is 2.10. The van der Waals surface area contributed by atoms with Crippen LogP contribution in [0.3, 0.4) is 0 Å². The zero-order chi connectivity index (χ0) is 13.0. The van der Waals surface area contributed by atoms with E-state index in [0.717, 1.165) is 17.4 Å². The molecule has 0 aliphatic heterocycles. The second-order valence-corrected chi connectivity index (χ2v) is 5.70. The Hall–Kier alpha value is -0.540. The highest BCUT2D eigenvalue weighted by Crippen LogP contribution is 2.29. The lowest BCUT2D eigenvalue weighted by Crippen LogP contribution is -2.30. The van der Waals surface area contributed by atoms with Gasteiger partial charge in [0.05, 0.1) is 5.69 Å². The molecule has 0 spiro atoms. The van der Waals surface area contributed by atoms with E-state index in [1.165, 1.54) is 11.3 Å². The van der Waals surface area contributed by atoms with E-state index in [4.69, 9.17) is 5.73 Å². The van der Waals surface area contributed by atoms with E-state index in [1.807, 2.05) is 6.92 Å². The van der Waals surface area contributed by atoms with Crippen molar-refractivity contribution in [3.8, 4) is 0 Å². The number of nitrogens with zero attached hydrogens (tertiary/aromatic N) is 1. The van der Waals surface area contributed by atoms with E-state index in [1.54, 1.807) is 0 Å². The molecule has 1 aromatic carbocycles. The summed E-state index contributed by atoms with van der Waals surface area (Å²) in [6.07, 6.45) is 0.923. The lowest BCUT2D eigenvalue weighted by atomic mass is 10.1. The molecular weight excluding hydrogens is 276 g/mol. The summed E-state index contributed by atoms with van der Waals surface area (Å²) in [6.45, 7) is 9.66. The SMILES string of the molecule is CCN(c1ccc(CC(C)N)cc1Br)C(C)C. The Morgan fingerprint density at radius 3 is 2.35 bits per heavy atom. The molecule has 1 atom stereocenters. The molecule has 1 aromatic rings. The van der Waals surface area contributed by atoms with Crippen LogP contribution in [0, 0.1) is 0 Å². The Balaban J connectivity index is 2.96. The van der Waals surface area contributed by atoms with Crippen molar-refractivity contribution in [1.82, 2.24) is 0 Å². The third-order valence-electron chi connectivity index (χ3n) is 2.84.